The van der Waals surface area contributed by atoms with Gasteiger partial charge in [-0.2, -0.15) is 13.2 Å². The van der Waals surface area contributed by atoms with E-state index in [1.54, 1.807) is 19.1 Å². The number of anilines is 1. The number of carbonyl (C=O) groups is 3. The first-order valence-corrected chi connectivity index (χ1v) is 11.4. The predicted molar refractivity (Wildman–Crippen MR) is 119 cm³/mol. The van der Waals surface area contributed by atoms with Gasteiger partial charge in [0.25, 0.3) is 5.91 Å². The lowest BCUT2D eigenvalue weighted by Crippen LogP contribution is -2.46. The molecule has 0 bridgehead atoms. The van der Waals surface area contributed by atoms with Crippen molar-refractivity contribution in [1.29, 1.82) is 0 Å². The zero-order valence-electron chi connectivity index (χ0n) is 18.2. The fourth-order valence-electron chi connectivity index (χ4n) is 3.54. The molecular weight excluding hydrogens is 473 g/mol. The van der Waals surface area contributed by atoms with Gasteiger partial charge in [-0.1, -0.05) is 12.1 Å². The smallest absolute Gasteiger partial charge is 0.416 e. The van der Waals surface area contributed by atoms with Gasteiger partial charge < -0.3 is 9.64 Å². The molecule has 0 spiro atoms. The van der Waals surface area contributed by atoms with Crippen LogP contribution in [-0.2, 0) is 26.9 Å². The molecule has 0 fully saturated rings. The summed E-state index contributed by atoms with van der Waals surface area (Å²) in [5, 5.41) is 8.39. The number of rotatable bonds is 8. The second kappa shape index (κ2) is 10.9. The molecule has 2 aromatic carbocycles. The van der Waals surface area contributed by atoms with E-state index >= 15 is 0 Å². The molecule has 1 unspecified atom stereocenters. The fourth-order valence-corrected chi connectivity index (χ4v) is 4.80. The first kappa shape index (κ1) is 25.6. The highest BCUT2D eigenvalue weighted by Gasteiger charge is 2.35. The van der Waals surface area contributed by atoms with Crippen LogP contribution in [0.3, 0.4) is 0 Å². The van der Waals surface area contributed by atoms with Crippen LogP contribution in [0, 0.1) is 0 Å². The van der Waals surface area contributed by atoms with Gasteiger partial charge in [0.15, 0.2) is 0 Å². The summed E-state index contributed by atoms with van der Waals surface area (Å²) in [6.07, 6.45) is -2.96. The van der Waals surface area contributed by atoms with Crippen LogP contribution in [0.5, 0.6) is 0 Å². The van der Waals surface area contributed by atoms with E-state index in [2.05, 4.69) is 0 Å². The summed E-state index contributed by atoms with van der Waals surface area (Å²) < 4.78 is 43.2. The molecule has 1 heterocycles. The zero-order chi connectivity index (χ0) is 24.9. The van der Waals surface area contributed by atoms with Gasteiger partial charge in [-0.25, -0.2) is 10.3 Å². The van der Waals surface area contributed by atoms with Crippen LogP contribution < -0.4 is 10.4 Å². The fraction of sp³-hybridized carbons (Fsp3) is 0.348. The van der Waals surface area contributed by atoms with Crippen LogP contribution >= 0.6 is 11.8 Å². The highest BCUT2D eigenvalue weighted by atomic mass is 32.2. The Bertz CT molecular complexity index is 1060. The molecule has 3 rings (SSSR count). The topological polar surface area (TPSA) is 95.9 Å². The van der Waals surface area contributed by atoms with Gasteiger partial charge in [0.2, 0.25) is 5.91 Å². The Kier molecular flexibility index (Phi) is 8.21. The molecule has 182 valence electrons. The maximum absolute atomic E-state index is 13.1. The maximum atomic E-state index is 13.1. The number of halogens is 3. The standard InChI is InChI=1S/C23H23F3N2O5S/c1-2-33-22(31)15-8-11-18-17(12-15)28(13-20(29)27-32)21(30)19(34-18)5-3-4-14-6-9-16(10-7-14)23(24,25)26/h6-12,19,32H,2-5,13H2,1H3,(H,27,29). The van der Waals surface area contributed by atoms with E-state index in [9.17, 15) is 27.6 Å². The summed E-state index contributed by atoms with van der Waals surface area (Å²) in [7, 11) is 0. The Morgan fingerprint density at radius 3 is 2.50 bits per heavy atom. The van der Waals surface area contributed by atoms with Crippen molar-refractivity contribution in [2.24, 2.45) is 0 Å². The van der Waals surface area contributed by atoms with Gasteiger partial charge in [-0.3, -0.25) is 14.8 Å². The zero-order valence-corrected chi connectivity index (χ0v) is 19.0. The molecule has 1 aliphatic heterocycles. The average molecular weight is 497 g/mol. The quantitative estimate of drug-likeness (QED) is 0.323. The molecule has 11 heteroatoms. The van der Waals surface area contributed by atoms with Crippen LogP contribution in [0.15, 0.2) is 47.4 Å². The molecule has 1 atom stereocenters. The Morgan fingerprint density at radius 2 is 1.88 bits per heavy atom. The van der Waals surface area contributed by atoms with Gasteiger partial charge in [-0.05, 0) is 62.1 Å². The third-order valence-electron chi connectivity index (χ3n) is 5.21. The molecule has 2 aromatic rings. The Labute approximate surface area is 198 Å². The molecule has 0 aromatic heterocycles. The van der Waals surface area contributed by atoms with Gasteiger partial charge in [0.1, 0.15) is 6.54 Å². The van der Waals surface area contributed by atoms with Crippen LogP contribution in [0.2, 0.25) is 0 Å². The van der Waals surface area contributed by atoms with Gasteiger partial charge in [0, 0.05) is 4.90 Å². The van der Waals surface area contributed by atoms with Gasteiger partial charge >= 0.3 is 12.1 Å². The number of amides is 2. The largest absolute Gasteiger partial charge is 0.462 e. The van der Waals surface area contributed by atoms with Crippen molar-refractivity contribution in [3.8, 4) is 0 Å². The first-order valence-electron chi connectivity index (χ1n) is 10.5. The summed E-state index contributed by atoms with van der Waals surface area (Å²) in [4.78, 5) is 39.0. The molecule has 7 nitrogen and oxygen atoms in total. The molecule has 1 aliphatic rings. The SMILES string of the molecule is CCOC(=O)c1ccc2c(c1)N(CC(=O)NO)C(=O)C(CCCc1ccc(C(F)(F)F)cc1)S2. The highest BCUT2D eigenvalue weighted by Crippen LogP contribution is 2.41. The third kappa shape index (κ3) is 6.09. The number of carbonyl (C=O) groups excluding carboxylic acids is 3. The third-order valence-corrected chi connectivity index (χ3v) is 6.53. The van der Waals surface area contributed by atoms with Gasteiger partial charge in [0.05, 0.1) is 28.7 Å². The number of fused-ring (bicyclic) bond motifs is 1. The van der Waals surface area contributed by atoms with Crippen molar-refractivity contribution < 1.29 is 37.5 Å². The second-order valence-corrected chi connectivity index (χ2v) is 8.80. The van der Waals surface area contributed by atoms with Crippen molar-refractivity contribution in [1.82, 2.24) is 5.48 Å². The lowest BCUT2D eigenvalue weighted by molar-refractivity contribution is -0.137. The summed E-state index contributed by atoms with van der Waals surface area (Å²) in [6.45, 7) is 1.41. The Balaban J connectivity index is 1.74. The number of alkyl halides is 3. The van der Waals surface area contributed by atoms with E-state index in [1.165, 1.54) is 40.3 Å². The summed E-state index contributed by atoms with van der Waals surface area (Å²) >= 11 is 1.29. The number of benzene rings is 2. The molecule has 2 amide bonds. The maximum Gasteiger partial charge on any atom is 0.416 e. The summed E-state index contributed by atoms with van der Waals surface area (Å²) in [5.41, 5.74) is 2.10. The predicted octanol–water partition coefficient (Wildman–Crippen LogP) is 4.22. The summed E-state index contributed by atoms with van der Waals surface area (Å²) in [5.74, 6) is -1.72. The molecule has 34 heavy (non-hydrogen) atoms. The van der Waals surface area contributed by atoms with E-state index in [0.29, 0.717) is 29.8 Å². The number of esters is 1. The molecule has 0 saturated carbocycles. The van der Waals surface area contributed by atoms with Crippen molar-refractivity contribution >= 4 is 35.2 Å². The van der Waals surface area contributed by atoms with E-state index in [4.69, 9.17) is 9.94 Å². The minimum Gasteiger partial charge on any atom is -0.462 e. The highest BCUT2D eigenvalue weighted by molar-refractivity contribution is 8.01. The molecule has 0 aliphatic carbocycles. The van der Waals surface area contributed by atoms with Crippen molar-refractivity contribution in [2.75, 3.05) is 18.1 Å². The van der Waals surface area contributed by atoms with Crippen molar-refractivity contribution in [3.63, 3.8) is 0 Å². The first-order chi connectivity index (χ1) is 16.1. The van der Waals surface area contributed by atoms with E-state index in [-0.39, 0.29) is 18.1 Å². The minimum atomic E-state index is -4.39. The second-order valence-electron chi connectivity index (χ2n) is 7.56. The monoisotopic (exact) mass is 496 g/mol. The van der Waals surface area contributed by atoms with Crippen LogP contribution in [-0.4, -0.2) is 41.4 Å². The Morgan fingerprint density at radius 1 is 1.18 bits per heavy atom. The number of hydrogen-bond donors (Lipinski definition) is 2. The average Bonchev–Trinajstić information content (AvgIpc) is 2.81. The van der Waals surface area contributed by atoms with Gasteiger partial charge in [-0.15, -0.1) is 11.8 Å². The number of hydroxylamine groups is 1. The van der Waals surface area contributed by atoms with Crippen molar-refractivity contribution in [2.45, 2.75) is 42.5 Å². The molecule has 2 N–H and O–H groups in total. The number of thioether (sulfide) groups is 1. The van der Waals surface area contributed by atoms with E-state index in [0.717, 1.165) is 17.7 Å². The number of hydrogen-bond acceptors (Lipinski definition) is 6. The normalized spacial score (nSPS) is 15.6. The summed E-state index contributed by atoms with van der Waals surface area (Å²) in [6, 6.07) is 9.62. The molecule has 0 radical (unpaired) electrons. The number of ether oxygens (including phenoxy) is 1. The number of aryl methyl sites for hydroxylation is 1. The van der Waals surface area contributed by atoms with Crippen LogP contribution in [0.25, 0.3) is 0 Å². The van der Waals surface area contributed by atoms with E-state index in [1.807, 2.05) is 0 Å². The Hall–Kier alpha value is -3.05. The van der Waals surface area contributed by atoms with Crippen molar-refractivity contribution in [3.05, 3.63) is 59.2 Å². The van der Waals surface area contributed by atoms with E-state index < -0.39 is 35.4 Å². The number of nitrogens with one attached hydrogen (secondary N) is 1. The lowest BCUT2D eigenvalue weighted by atomic mass is 10.0. The number of nitrogens with zero attached hydrogens (tertiary/aromatic N) is 1. The lowest BCUT2D eigenvalue weighted by Gasteiger charge is -2.33. The molecule has 0 saturated heterocycles. The molecular formula is C23H23F3N2O5S. The minimum absolute atomic E-state index is 0.182. The van der Waals surface area contributed by atoms with Crippen LogP contribution in [0.1, 0.15) is 41.3 Å². The van der Waals surface area contributed by atoms with Crippen LogP contribution in [0.4, 0.5) is 18.9 Å².